The van der Waals surface area contributed by atoms with E-state index in [1.54, 1.807) is 7.11 Å². The van der Waals surface area contributed by atoms with E-state index in [-0.39, 0.29) is 0 Å². The molecule has 3 rings (SSSR count). The maximum Gasteiger partial charge on any atom is 0.127 e. The molecule has 0 atom stereocenters. The van der Waals surface area contributed by atoms with Crippen LogP contribution in [0.15, 0.2) is 66.7 Å². The molecule has 2 nitrogen and oxygen atoms in total. The van der Waals surface area contributed by atoms with Gasteiger partial charge in [0.1, 0.15) is 25.1 Å². The molecule has 0 N–H and O–H groups in total. The number of hydrogen-bond acceptors (Lipinski definition) is 2. The van der Waals surface area contributed by atoms with E-state index < -0.39 is 0 Å². The van der Waals surface area contributed by atoms with E-state index in [0.717, 1.165) is 28.2 Å². The summed E-state index contributed by atoms with van der Waals surface area (Å²) in [6, 6.07) is 21.7. The second-order valence-electron chi connectivity index (χ2n) is 5.40. The SMILES string of the molecule is [B]c1cc(C)ccc1Oc1ccc(-c2ccc(OC)cc2)cc1. The first-order valence-electron chi connectivity index (χ1n) is 7.44. The number of ether oxygens (including phenoxy) is 2. The second kappa shape index (κ2) is 6.61. The first-order valence-corrected chi connectivity index (χ1v) is 7.44. The van der Waals surface area contributed by atoms with Gasteiger partial charge in [-0.2, -0.15) is 0 Å². The lowest BCUT2D eigenvalue weighted by molar-refractivity contribution is 0.415. The van der Waals surface area contributed by atoms with E-state index >= 15 is 0 Å². The summed E-state index contributed by atoms with van der Waals surface area (Å²) in [5, 5.41) is 0. The molecule has 0 bridgehead atoms. The molecular weight excluding hydrogens is 283 g/mol. The molecule has 0 unspecified atom stereocenters. The van der Waals surface area contributed by atoms with Crippen LogP contribution in [0.2, 0.25) is 0 Å². The van der Waals surface area contributed by atoms with E-state index in [9.17, 15) is 0 Å². The van der Waals surface area contributed by atoms with Crippen molar-refractivity contribution in [2.24, 2.45) is 0 Å². The minimum Gasteiger partial charge on any atom is -0.497 e. The van der Waals surface area contributed by atoms with E-state index in [0.29, 0.717) is 11.2 Å². The molecule has 0 aromatic heterocycles. The molecule has 3 aromatic carbocycles. The molecular formula is C20H17BO2. The standard InChI is InChI=1S/C20H17BO2/c1-14-3-12-20(19(21)13-14)23-18-10-6-16(7-11-18)15-4-8-17(22-2)9-5-15/h3-13H,1-2H3. The number of hydrogen-bond donors (Lipinski definition) is 0. The highest BCUT2D eigenvalue weighted by molar-refractivity contribution is 6.34. The van der Waals surface area contributed by atoms with Crippen LogP contribution in [0.3, 0.4) is 0 Å². The fourth-order valence-electron chi connectivity index (χ4n) is 2.39. The molecule has 3 aromatic rings. The number of rotatable bonds is 4. The molecule has 2 radical (unpaired) electrons. The predicted octanol–water partition coefficient (Wildman–Crippen LogP) is 4.26. The van der Waals surface area contributed by atoms with Crippen LogP contribution >= 0.6 is 0 Å². The van der Waals surface area contributed by atoms with Gasteiger partial charge in [-0.15, -0.1) is 0 Å². The Hall–Kier alpha value is -2.68. The van der Waals surface area contributed by atoms with E-state index in [1.807, 2.05) is 73.7 Å². The summed E-state index contributed by atoms with van der Waals surface area (Å²) in [6.45, 7) is 2.00. The molecule has 3 heteroatoms. The van der Waals surface area contributed by atoms with Gasteiger partial charge >= 0.3 is 0 Å². The van der Waals surface area contributed by atoms with E-state index in [2.05, 4.69) is 0 Å². The van der Waals surface area contributed by atoms with Crippen LogP contribution in [-0.2, 0) is 0 Å². The smallest absolute Gasteiger partial charge is 0.127 e. The Morgan fingerprint density at radius 3 is 1.83 bits per heavy atom. The van der Waals surface area contributed by atoms with E-state index in [4.69, 9.17) is 17.3 Å². The van der Waals surface area contributed by atoms with Gasteiger partial charge in [-0.05, 0) is 48.4 Å². The third-order valence-corrected chi connectivity index (χ3v) is 3.67. The molecule has 0 amide bonds. The topological polar surface area (TPSA) is 18.5 Å². The second-order valence-corrected chi connectivity index (χ2v) is 5.40. The largest absolute Gasteiger partial charge is 0.497 e. The molecule has 0 aliphatic rings. The molecule has 0 aliphatic carbocycles. The van der Waals surface area contributed by atoms with Crippen LogP contribution in [0.4, 0.5) is 0 Å². The third kappa shape index (κ3) is 3.57. The third-order valence-electron chi connectivity index (χ3n) is 3.67. The zero-order chi connectivity index (χ0) is 16.2. The van der Waals surface area contributed by atoms with Gasteiger partial charge in [0, 0.05) is 0 Å². The molecule has 23 heavy (non-hydrogen) atoms. The summed E-state index contributed by atoms with van der Waals surface area (Å²) in [6.07, 6.45) is 0. The minimum atomic E-state index is 0.643. The average molecular weight is 300 g/mol. The highest BCUT2D eigenvalue weighted by atomic mass is 16.5. The molecule has 0 heterocycles. The van der Waals surface area contributed by atoms with Gasteiger partial charge in [0.25, 0.3) is 0 Å². The van der Waals surface area contributed by atoms with E-state index in [1.165, 1.54) is 0 Å². The Morgan fingerprint density at radius 2 is 1.30 bits per heavy atom. The molecule has 0 saturated heterocycles. The highest BCUT2D eigenvalue weighted by Crippen LogP contribution is 2.26. The lowest BCUT2D eigenvalue weighted by Crippen LogP contribution is -2.06. The lowest BCUT2D eigenvalue weighted by atomic mass is 9.93. The summed E-state index contributed by atoms with van der Waals surface area (Å²) in [5.74, 6) is 2.29. The van der Waals surface area contributed by atoms with Crippen molar-refractivity contribution >= 4 is 13.3 Å². The van der Waals surface area contributed by atoms with Crippen molar-refractivity contribution in [3.05, 3.63) is 72.3 Å². The summed E-state index contributed by atoms with van der Waals surface area (Å²) in [4.78, 5) is 0. The first kappa shape index (κ1) is 15.2. The molecule has 0 spiro atoms. The minimum absolute atomic E-state index is 0.643. The van der Waals surface area contributed by atoms with Crippen LogP contribution < -0.4 is 14.9 Å². The van der Waals surface area contributed by atoms with Crippen LogP contribution in [0, 0.1) is 6.92 Å². The summed E-state index contributed by atoms with van der Waals surface area (Å²) in [5.41, 5.74) is 4.01. The number of methoxy groups -OCH3 is 1. The molecule has 0 fully saturated rings. The fourth-order valence-corrected chi connectivity index (χ4v) is 2.39. The quantitative estimate of drug-likeness (QED) is 0.670. The normalized spacial score (nSPS) is 10.3. The van der Waals surface area contributed by atoms with Gasteiger partial charge in [-0.1, -0.05) is 47.4 Å². The summed E-state index contributed by atoms with van der Waals surface area (Å²) >= 11 is 0. The van der Waals surface area contributed by atoms with Gasteiger partial charge in [0.05, 0.1) is 7.11 Å². The van der Waals surface area contributed by atoms with Gasteiger partial charge in [0.15, 0.2) is 0 Å². The van der Waals surface area contributed by atoms with Gasteiger partial charge in [-0.25, -0.2) is 0 Å². The van der Waals surface area contributed by atoms with Crippen molar-refractivity contribution < 1.29 is 9.47 Å². The van der Waals surface area contributed by atoms with Gasteiger partial charge < -0.3 is 9.47 Å². The molecule has 0 saturated carbocycles. The zero-order valence-electron chi connectivity index (χ0n) is 13.2. The molecule has 112 valence electrons. The van der Waals surface area contributed by atoms with Crippen molar-refractivity contribution in [3.63, 3.8) is 0 Å². The number of aryl methyl sites for hydroxylation is 1. The van der Waals surface area contributed by atoms with Crippen molar-refractivity contribution in [2.75, 3.05) is 7.11 Å². The van der Waals surface area contributed by atoms with Crippen LogP contribution in [0.5, 0.6) is 17.2 Å². The fraction of sp³-hybridized carbons (Fsp3) is 0.100. The van der Waals surface area contributed by atoms with Crippen molar-refractivity contribution in [2.45, 2.75) is 6.92 Å². The highest BCUT2D eigenvalue weighted by Gasteiger charge is 2.03. The summed E-state index contributed by atoms with van der Waals surface area (Å²) < 4.78 is 11.0. The predicted molar refractivity (Wildman–Crippen MR) is 95.1 cm³/mol. The van der Waals surface area contributed by atoms with Crippen LogP contribution in [-0.4, -0.2) is 15.0 Å². The van der Waals surface area contributed by atoms with Crippen LogP contribution in [0.25, 0.3) is 11.1 Å². The Morgan fingerprint density at radius 1 is 0.739 bits per heavy atom. The van der Waals surface area contributed by atoms with Crippen LogP contribution in [0.1, 0.15) is 5.56 Å². The zero-order valence-corrected chi connectivity index (χ0v) is 13.2. The Labute approximate surface area is 138 Å². The van der Waals surface area contributed by atoms with Crippen molar-refractivity contribution in [1.29, 1.82) is 0 Å². The Kier molecular flexibility index (Phi) is 4.38. The first-order chi connectivity index (χ1) is 11.2. The monoisotopic (exact) mass is 300 g/mol. The van der Waals surface area contributed by atoms with Crippen molar-refractivity contribution in [3.8, 4) is 28.4 Å². The Bertz CT molecular complexity index is 793. The summed E-state index contributed by atoms with van der Waals surface area (Å²) in [7, 11) is 7.65. The number of benzene rings is 3. The van der Waals surface area contributed by atoms with Gasteiger partial charge in [0.2, 0.25) is 0 Å². The lowest BCUT2D eigenvalue weighted by Gasteiger charge is -2.10. The maximum atomic E-state index is 5.98. The van der Waals surface area contributed by atoms with Crippen molar-refractivity contribution in [1.82, 2.24) is 0 Å². The molecule has 0 aliphatic heterocycles. The average Bonchev–Trinajstić information content (AvgIpc) is 2.58. The van der Waals surface area contributed by atoms with Gasteiger partial charge in [-0.3, -0.25) is 0 Å². The maximum absolute atomic E-state index is 5.98. The Balaban J connectivity index is 1.78.